The summed E-state index contributed by atoms with van der Waals surface area (Å²) in [7, 11) is 0. The van der Waals surface area contributed by atoms with Crippen LogP contribution >= 0.6 is 0 Å². The first-order chi connectivity index (χ1) is 17.0. The topological polar surface area (TPSA) is 38.3 Å². The van der Waals surface area contributed by atoms with Gasteiger partial charge in [-0.2, -0.15) is 0 Å². The number of rotatable bonds is 4. The summed E-state index contributed by atoms with van der Waals surface area (Å²) in [5, 5.41) is 3.01. The van der Waals surface area contributed by atoms with Crippen molar-refractivity contribution in [3.63, 3.8) is 0 Å². The molecule has 0 saturated heterocycles. The maximum Gasteiger partial charge on any atom is 0.255 e. The number of ether oxygens (including phenoxy) is 1. The molecule has 3 heteroatoms. The molecule has 1 amide bonds. The molecule has 4 fully saturated rings. The molecule has 2 aromatic carbocycles. The number of carbonyl (C=O) groups excluding carboxylic acids is 1. The summed E-state index contributed by atoms with van der Waals surface area (Å²) in [6.07, 6.45) is 14.2. The van der Waals surface area contributed by atoms with Crippen molar-refractivity contribution in [1.29, 1.82) is 0 Å². The van der Waals surface area contributed by atoms with Crippen molar-refractivity contribution in [3.05, 3.63) is 60.2 Å². The van der Waals surface area contributed by atoms with Gasteiger partial charge < -0.3 is 10.1 Å². The van der Waals surface area contributed by atoms with Crippen molar-refractivity contribution in [2.75, 3.05) is 5.32 Å². The Bertz CT molecular complexity index is 1050. The minimum Gasteiger partial charge on any atom is -0.490 e. The van der Waals surface area contributed by atoms with Gasteiger partial charge in [-0.15, -0.1) is 0 Å². The molecule has 0 bridgehead atoms. The van der Waals surface area contributed by atoms with E-state index in [1.165, 1.54) is 64.2 Å². The van der Waals surface area contributed by atoms with Crippen LogP contribution in [0.2, 0.25) is 0 Å². The van der Waals surface area contributed by atoms with Crippen molar-refractivity contribution in [3.8, 4) is 5.75 Å². The zero-order valence-corrected chi connectivity index (χ0v) is 21.5. The van der Waals surface area contributed by atoms with E-state index in [-0.39, 0.29) is 5.91 Å². The van der Waals surface area contributed by atoms with Gasteiger partial charge in [0.05, 0.1) is 0 Å². The van der Waals surface area contributed by atoms with Crippen LogP contribution in [-0.4, -0.2) is 12.0 Å². The molecule has 3 nitrogen and oxygen atoms in total. The molecule has 35 heavy (non-hydrogen) atoms. The highest BCUT2D eigenvalue weighted by Gasteiger charge is 2.60. The molecule has 4 aliphatic carbocycles. The largest absolute Gasteiger partial charge is 0.490 e. The lowest BCUT2D eigenvalue weighted by Gasteiger charge is -2.61. The summed E-state index contributed by atoms with van der Waals surface area (Å²) >= 11 is 0. The molecule has 0 spiro atoms. The van der Waals surface area contributed by atoms with Gasteiger partial charge >= 0.3 is 0 Å². The number of hydrogen-bond acceptors (Lipinski definition) is 2. The monoisotopic (exact) mass is 471 g/mol. The van der Waals surface area contributed by atoms with Gasteiger partial charge in [0.25, 0.3) is 5.91 Å². The van der Waals surface area contributed by atoms with E-state index in [1.807, 2.05) is 54.6 Å². The third kappa shape index (κ3) is 4.09. The summed E-state index contributed by atoms with van der Waals surface area (Å²) in [5.41, 5.74) is 2.49. The van der Waals surface area contributed by atoms with E-state index in [2.05, 4.69) is 19.2 Å². The van der Waals surface area contributed by atoms with Crippen molar-refractivity contribution >= 4 is 11.6 Å². The van der Waals surface area contributed by atoms with Gasteiger partial charge in [0.1, 0.15) is 11.9 Å². The Morgan fingerprint density at radius 2 is 1.60 bits per heavy atom. The van der Waals surface area contributed by atoms with Gasteiger partial charge in [-0.3, -0.25) is 4.79 Å². The lowest BCUT2D eigenvalue weighted by molar-refractivity contribution is -0.146. The second kappa shape index (κ2) is 8.98. The molecule has 0 aromatic heterocycles. The van der Waals surface area contributed by atoms with Gasteiger partial charge in [0, 0.05) is 17.2 Å². The number of fused-ring (bicyclic) bond motifs is 5. The summed E-state index contributed by atoms with van der Waals surface area (Å²) < 4.78 is 6.85. The van der Waals surface area contributed by atoms with Gasteiger partial charge in [-0.25, -0.2) is 0 Å². The summed E-state index contributed by atoms with van der Waals surface area (Å²) in [6, 6.07) is 17.4. The minimum absolute atomic E-state index is 0.0764. The van der Waals surface area contributed by atoms with Crippen LogP contribution < -0.4 is 10.1 Å². The van der Waals surface area contributed by atoms with E-state index >= 15 is 0 Å². The fourth-order valence-electron chi connectivity index (χ4n) is 9.03. The molecule has 6 rings (SSSR count). The van der Waals surface area contributed by atoms with Gasteiger partial charge in [0.2, 0.25) is 0 Å². The van der Waals surface area contributed by atoms with Crippen LogP contribution in [0.15, 0.2) is 54.6 Å². The van der Waals surface area contributed by atoms with Crippen molar-refractivity contribution < 1.29 is 9.53 Å². The molecule has 186 valence electrons. The number of anilines is 1. The second-order valence-electron chi connectivity index (χ2n) is 12.6. The fourth-order valence-corrected chi connectivity index (χ4v) is 9.03. The molecule has 2 aromatic rings. The smallest absolute Gasteiger partial charge is 0.255 e. The highest BCUT2D eigenvalue weighted by molar-refractivity contribution is 6.04. The molecule has 4 saturated carbocycles. The lowest BCUT2D eigenvalue weighted by atomic mass is 9.45. The summed E-state index contributed by atoms with van der Waals surface area (Å²) in [4.78, 5) is 12.5. The van der Waals surface area contributed by atoms with Crippen LogP contribution in [0.25, 0.3) is 0 Å². The zero-order valence-electron chi connectivity index (χ0n) is 21.5. The van der Waals surface area contributed by atoms with Crippen LogP contribution in [-0.2, 0) is 0 Å². The van der Waals surface area contributed by atoms with Crippen LogP contribution in [0.1, 0.15) is 88.4 Å². The van der Waals surface area contributed by atoms with E-state index in [9.17, 15) is 4.79 Å². The Hall–Kier alpha value is -2.29. The molecule has 7 atom stereocenters. The second-order valence-corrected chi connectivity index (χ2v) is 12.6. The standard InChI is InChI=1S/C32H41NO2/c1-31-18-8-12-26(31)25-21-29(28-11-6-7-19-32(28,2)27(25)17-20-31)35-24-15-13-23(14-16-24)33-30(34)22-9-4-3-5-10-22/h3-5,9-10,13-16,25-29H,6-8,11-12,17-21H2,1-2H3,(H,33,34)/t25-,26-,27-,28+,29+,31-,32+/m0/s1. The van der Waals surface area contributed by atoms with E-state index in [0.29, 0.717) is 28.4 Å². The summed E-state index contributed by atoms with van der Waals surface area (Å²) in [5.74, 6) is 4.14. The van der Waals surface area contributed by atoms with E-state index < -0.39 is 0 Å². The summed E-state index contributed by atoms with van der Waals surface area (Å²) in [6.45, 7) is 5.22. The number of amides is 1. The zero-order chi connectivity index (χ0) is 24.0. The predicted octanol–water partition coefficient (Wildman–Crippen LogP) is 8.12. The molecule has 4 aliphatic rings. The highest BCUT2D eigenvalue weighted by Crippen LogP contribution is 2.66. The number of nitrogens with one attached hydrogen (secondary N) is 1. The van der Waals surface area contributed by atoms with Gasteiger partial charge in [-0.05, 0) is 110 Å². The van der Waals surface area contributed by atoms with Crippen LogP contribution in [0.4, 0.5) is 5.69 Å². The average Bonchev–Trinajstić information content (AvgIpc) is 3.28. The van der Waals surface area contributed by atoms with Crippen molar-refractivity contribution in [2.24, 2.45) is 34.5 Å². The van der Waals surface area contributed by atoms with Crippen LogP contribution in [0.5, 0.6) is 5.75 Å². The molecule has 0 unspecified atom stereocenters. The quantitative estimate of drug-likeness (QED) is 0.489. The maximum absolute atomic E-state index is 12.5. The van der Waals surface area contributed by atoms with Crippen LogP contribution in [0, 0.1) is 34.5 Å². The third-order valence-electron chi connectivity index (χ3n) is 10.8. The average molecular weight is 472 g/mol. The molecular formula is C32H41NO2. The lowest BCUT2D eigenvalue weighted by Crippen LogP contribution is -2.57. The molecule has 0 radical (unpaired) electrons. The number of hydrogen-bond donors (Lipinski definition) is 1. The Morgan fingerprint density at radius 3 is 2.40 bits per heavy atom. The SMILES string of the molecule is C[C@@]12CCC[C@H]1[C@@H]1C[C@@H](Oc3ccc(NC(=O)c4ccccc4)cc3)[C@H]3CCCC[C@]3(C)[C@H]1CC2. The first-order valence-electron chi connectivity index (χ1n) is 14.1. The fraction of sp³-hybridized carbons (Fsp3) is 0.594. The predicted molar refractivity (Wildman–Crippen MR) is 142 cm³/mol. The molecule has 1 N–H and O–H groups in total. The van der Waals surface area contributed by atoms with E-state index in [4.69, 9.17) is 4.74 Å². The molecule has 0 heterocycles. The normalized spacial score (nSPS) is 38.1. The number of carbonyl (C=O) groups is 1. The number of benzene rings is 2. The van der Waals surface area contributed by atoms with Crippen LogP contribution in [0.3, 0.4) is 0 Å². The van der Waals surface area contributed by atoms with Gasteiger partial charge in [-0.1, -0.05) is 51.3 Å². The highest BCUT2D eigenvalue weighted by atomic mass is 16.5. The third-order valence-corrected chi connectivity index (χ3v) is 10.8. The maximum atomic E-state index is 12.5. The Labute approximate surface area is 211 Å². The first kappa shape index (κ1) is 23.1. The van der Waals surface area contributed by atoms with Crippen molar-refractivity contribution in [1.82, 2.24) is 0 Å². The van der Waals surface area contributed by atoms with E-state index in [0.717, 1.165) is 29.2 Å². The van der Waals surface area contributed by atoms with Gasteiger partial charge in [0.15, 0.2) is 0 Å². The Kier molecular flexibility index (Phi) is 5.93. The van der Waals surface area contributed by atoms with Crippen molar-refractivity contribution in [2.45, 2.75) is 84.2 Å². The molecule has 0 aliphatic heterocycles. The Balaban J connectivity index is 1.20. The first-order valence-corrected chi connectivity index (χ1v) is 14.1. The Morgan fingerprint density at radius 1 is 0.829 bits per heavy atom. The van der Waals surface area contributed by atoms with E-state index in [1.54, 1.807) is 0 Å². The molecular weight excluding hydrogens is 430 g/mol. The minimum atomic E-state index is -0.0764.